The van der Waals surface area contributed by atoms with Gasteiger partial charge in [-0.25, -0.2) is 4.68 Å². The number of ether oxygens (including phenoxy) is 1. The van der Waals surface area contributed by atoms with Crippen molar-refractivity contribution in [1.82, 2.24) is 20.0 Å². The van der Waals surface area contributed by atoms with Crippen LogP contribution in [0.2, 0.25) is 0 Å². The molecule has 6 nitrogen and oxygen atoms in total. The molecule has 1 aromatic carbocycles. The van der Waals surface area contributed by atoms with Crippen molar-refractivity contribution in [2.45, 2.75) is 19.3 Å². The Balaban J connectivity index is 1.29. The molecule has 1 N–H and O–H groups in total. The summed E-state index contributed by atoms with van der Waals surface area (Å²) in [5.41, 5.74) is 2.66. The van der Waals surface area contributed by atoms with E-state index in [-0.39, 0.29) is 0 Å². The average Bonchev–Trinajstić information content (AvgIpc) is 3.42. The summed E-state index contributed by atoms with van der Waals surface area (Å²) in [6, 6.07) is 10.2. The zero-order valence-electron chi connectivity index (χ0n) is 15.4. The van der Waals surface area contributed by atoms with Gasteiger partial charge in [-0.3, -0.25) is 4.99 Å². The molecule has 1 spiro atoms. The number of hydrogen-bond donors (Lipinski definition) is 1. The van der Waals surface area contributed by atoms with Crippen LogP contribution in [0.15, 0.2) is 47.7 Å². The highest BCUT2D eigenvalue weighted by atomic mass is 16.5. The van der Waals surface area contributed by atoms with Crippen LogP contribution >= 0.6 is 0 Å². The Morgan fingerprint density at radius 2 is 2.19 bits per heavy atom. The van der Waals surface area contributed by atoms with Gasteiger partial charge in [-0.2, -0.15) is 5.10 Å². The zero-order chi connectivity index (χ0) is 17.8. The van der Waals surface area contributed by atoms with E-state index in [1.165, 1.54) is 18.4 Å². The number of aromatic nitrogens is 2. The number of nitrogens with one attached hydrogen (secondary N) is 1. The summed E-state index contributed by atoms with van der Waals surface area (Å²) in [7, 11) is 1.87. The fourth-order valence-electron chi connectivity index (χ4n) is 3.95. The smallest absolute Gasteiger partial charge is 0.193 e. The lowest BCUT2D eigenvalue weighted by Gasteiger charge is -2.24. The van der Waals surface area contributed by atoms with E-state index in [1.807, 2.05) is 36.1 Å². The van der Waals surface area contributed by atoms with Crippen molar-refractivity contribution in [3.05, 3.63) is 48.3 Å². The Hall–Kier alpha value is -2.34. The highest BCUT2D eigenvalue weighted by molar-refractivity contribution is 5.80. The van der Waals surface area contributed by atoms with Crippen LogP contribution in [0.25, 0.3) is 5.69 Å². The van der Waals surface area contributed by atoms with Gasteiger partial charge in [-0.15, -0.1) is 0 Å². The number of hydrogen-bond acceptors (Lipinski definition) is 3. The fraction of sp³-hybridized carbons (Fsp3) is 0.500. The van der Waals surface area contributed by atoms with Crippen LogP contribution in [0.5, 0.6) is 0 Å². The SMILES string of the molecule is CN=C(NCCc1cnn(-c2ccccc2)c1)N1CCC2(CCOC2)C1. The molecule has 0 saturated carbocycles. The van der Waals surface area contributed by atoms with E-state index in [2.05, 4.69) is 38.6 Å². The van der Waals surface area contributed by atoms with Gasteiger partial charge in [0.05, 0.1) is 18.5 Å². The van der Waals surface area contributed by atoms with Gasteiger partial charge in [0, 0.05) is 44.9 Å². The zero-order valence-corrected chi connectivity index (χ0v) is 15.4. The minimum atomic E-state index is 0.356. The summed E-state index contributed by atoms with van der Waals surface area (Å²) in [5.74, 6) is 1.00. The molecule has 2 fully saturated rings. The molecular formula is C20H27N5O. The van der Waals surface area contributed by atoms with Crippen molar-refractivity contribution in [3.63, 3.8) is 0 Å². The third-order valence-electron chi connectivity index (χ3n) is 5.49. The Morgan fingerprint density at radius 1 is 1.31 bits per heavy atom. The van der Waals surface area contributed by atoms with E-state index >= 15 is 0 Å². The van der Waals surface area contributed by atoms with Gasteiger partial charge < -0.3 is 15.0 Å². The number of likely N-dealkylation sites (tertiary alicyclic amines) is 1. The molecule has 26 heavy (non-hydrogen) atoms. The highest BCUT2D eigenvalue weighted by Crippen LogP contribution is 2.38. The van der Waals surface area contributed by atoms with Crippen LogP contribution in [-0.2, 0) is 11.2 Å². The van der Waals surface area contributed by atoms with Crippen LogP contribution in [-0.4, -0.2) is 60.5 Å². The van der Waals surface area contributed by atoms with Crippen molar-refractivity contribution in [2.24, 2.45) is 10.4 Å². The number of nitrogens with zero attached hydrogens (tertiary/aromatic N) is 4. The normalized spacial score (nSPS) is 23.1. The molecule has 2 aliphatic rings. The van der Waals surface area contributed by atoms with Crippen molar-refractivity contribution in [3.8, 4) is 5.69 Å². The molecule has 2 saturated heterocycles. The van der Waals surface area contributed by atoms with Gasteiger partial charge >= 0.3 is 0 Å². The standard InChI is InChI=1S/C20H27N5O/c1-21-19(24-11-8-20(15-24)9-12-26-16-20)22-10-7-17-13-23-25(14-17)18-5-3-2-4-6-18/h2-6,13-14H,7-12,15-16H2,1H3,(H,21,22). The summed E-state index contributed by atoms with van der Waals surface area (Å²) in [4.78, 5) is 6.86. The molecule has 0 aliphatic carbocycles. The maximum atomic E-state index is 5.63. The van der Waals surface area contributed by atoms with E-state index in [0.717, 1.165) is 50.9 Å². The van der Waals surface area contributed by atoms with Crippen LogP contribution in [0.4, 0.5) is 0 Å². The molecule has 0 bridgehead atoms. The van der Waals surface area contributed by atoms with E-state index in [0.29, 0.717) is 5.41 Å². The van der Waals surface area contributed by atoms with Crippen molar-refractivity contribution < 1.29 is 4.74 Å². The van der Waals surface area contributed by atoms with E-state index < -0.39 is 0 Å². The summed E-state index contributed by atoms with van der Waals surface area (Å²) in [6.45, 7) is 4.78. The van der Waals surface area contributed by atoms with E-state index in [4.69, 9.17) is 4.74 Å². The first-order valence-electron chi connectivity index (χ1n) is 9.40. The molecule has 1 unspecified atom stereocenters. The molecule has 3 heterocycles. The van der Waals surface area contributed by atoms with Crippen LogP contribution in [0.1, 0.15) is 18.4 Å². The van der Waals surface area contributed by atoms with Gasteiger partial charge in [0.25, 0.3) is 0 Å². The third-order valence-corrected chi connectivity index (χ3v) is 5.49. The van der Waals surface area contributed by atoms with Crippen molar-refractivity contribution in [2.75, 3.05) is 39.9 Å². The van der Waals surface area contributed by atoms with Gasteiger partial charge in [0.2, 0.25) is 0 Å². The molecular weight excluding hydrogens is 326 g/mol. The van der Waals surface area contributed by atoms with Gasteiger partial charge in [0.15, 0.2) is 5.96 Å². The lowest BCUT2D eigenvalue weighted by atomic mass is 9.87. The fourth-order valence-corrected chi connectivity index (χ4v) is 3.95. The molecule has 0 radical (unpaired) electrons. The molecule has 138 valence electrons. The van der Waals surface area contributed by atoms with Crippen LogP contribution in [0, 0.1) is 5.41 Å². The molecule has 6 heteroatoms. The monoisotopic (exact) mass is 353 g/mol. The van der Waals surface area contributed by atoms with Crippen LogP contribution in [0.3, 0.4) is 0 Å². The third kappa shape index (κ3) is 3.60. The summed E-state index contributed by atoms with van der Waals surface area (Å²) >= 11 is 0. The summed E-state index contributed by atoms with van der Waals surface area (Å²) < 4.78 is 7.55. The first kappa shape index (κ1) is 17.1. The van der Waals surface area contributed by atoms with Gasteiger partial charge in [-0.05, 0) is 37.0 Å². The average molecular weight is 353 g/mol. The van der Waals surface area contributed by atoms with Gasteiger partial charge in [-0.1, -0.05) is 18.2 Å². The van der Waals surface area contributed by atoms with Gasteiger partial charge in [0.1, 0.15) is 0 Å². The quantitative estimate of drug-likeness (QED) is 0.676. The Bertz CT molecular complexity index is 749. The molecule has 1 atom stereocenters. The topological polar surface area (TPSA) is 54.7 Å². The largest absolute Gasteiger partial charge is 0.381 e. The first-order chi connectivity index (χ1) is 12.8. The number of guanidine groups is 1. The summed E-state index contributed by atoms with van der Waals surface area (Å²) in [6.07, 6.45) is 7.35. The molecule has 4 rings (SSSR count). The molecule has 0 amide bonds. The maximum absolute atomic E-state index is 5.63. The van der Waals surface area contributed by atoms with Crippen LogP contribution < -0.4 is 5.32 Å². The predicted octanol–water partition coefficient (Wildman–Crippen LogP) is 2.10. The Labute approximate surface area is 154 Å². The number of benzene rings is 1. The summed E-state index contributed by atoms with van der Waals surface area (Å²) in [5, 5.41) is 7.98. The molecule has 2 aliphatic heterocycles. The first-order valence-corrected chi connectivity index (χ1v) is 9.40. The number of para-hydroxylation sites is 1. The number of aliphatic imine (C=N–C) groups is 1. The molecule has 1 aromatic heterocycles. The van der Waals surface area contributed by atoms with Crippen molar-refractivity contribution >= 4 is 5.96 Å². The highest BCUT2D eigenvalue weighted by Gasteiger charge is 2.42. The second-order valence-electron chi connectivity index (χ2n) is 7.33. The predicted molar refractivity (Wildman–Crippen MR) is 103 cm³/mol. The Morgan fingerprint density at radius 3 is 2.96 bits per heavy atom. The van der Waals surface area contributed by atoms with E-state index in [9.17, 15) is 0 Å². The number of rotatable bonds is 4. The maximum Gasteiger partial charge on any atom is 0.193 e. The molecule has 2 aromatic rings. The van der Waals surface area contributed by atoms with E-state index in [1.54, 1.807) is 0 Å². The minimum absolute atomic E-state index is 0.356. The Kier molecular flexibility index (Phi) is 4.93. The van der Waals surface area contributed by atoms with Crippen molar-refractivity contribution in [1.29, 1.82) is 0 Å². The second-order valence-corrected chi connectivity index (χ2v) is 7.33. The lowest BCUT2D eigenvalue weighted by molar-refractivity contribution is 0.156. The lowest BCUT2D eigenvalue weighted by Crippen LogP contribution is -2.42. The minimum Gasteiger partial charge on any atom is -0.381 e. The second kappa shape index (κ2) is 7.50.